The molecular weight excluding hydrogens is 237 g/mol. The SMILES string of the molecule is CC(C)CNCC1CC1c1ccc(Cl)cc1F. The fourth-order valence-corrected chi connectivity index (χ4v) is 2.37. The Morgan fingerprint density at radius 3 is 2.88 bits per heavy atom. The van der Waals surface area contributed by atoms with Crippen LogP contribution in [0.2, 0.25) is 5.02 Å². The number of benzene rings is 1. The third kappa shape index (κ3) is 3.43. The summed E-state index contributed by atoms with van der Waals surface area (Å²) in [6, 6.07) is 5.01. The summed E-state index contributed by atoms with van der Waals surface area (Å²) in [5.41, 5.74) is 0.825. The first-order valence-corrected chi connectivity index (χ1v) is 6.61. The maximum absolute atomic E-state index is 13.7. The summed E-state index contributed by atoms with van der Waals surface area (Å²) in [5.74, 6) is 1.48. The Bertz CT molecular complexity index is 392. The summed E-state index contributed by atoms with van der Waals surface area (Å²) in [5, 5.41) is 3.90. The van der Waals surface area contributed by atoms with Crippen LogP contribution in [0.5, 0.6) is 0 Å². The van der Waals surface area contributed by atoms with E-state index in [9.17, 15) is 4.39 Å². The summed E-state index contributed by atoms with van der Waals surface area (Å²) >= 11 is 5.74. The van der Waals surface area contributed by atoms with E-state index >= 15 is 0 Å². The third-order valence-corrected chi connectivity index (χ3v) is 3.48. The molecule has 0 radical (unpaired) electrons. The molecule has 2 atom stereocenters. The zero-order chi connectivity index (χ0) is 12.4. The van der Waals surface area contributed by atoms with Gasteiger partial charge in [-0.2, -0.15) is 0 Å². The molecule has 0 bridgehead atoms. The number of halogens is 2. The summed E-state index contributed by atoms with van der Waals surface area (Å²) < 4.78 is 13.7. The van der Waals surface area contributed by atoms with Gasteiger partial charge < -0.3 is 5.32 Å². The summed E-state index contributed by atoms with van der Waals surface area (Å²) in [7, 11) is 0. The first-order chi connectivity index (χ1) is 8.08. The van der Waals surface area contributed by atoms with Gasteiger partial charge in [0.05, 0.1) is 0 Å². The number of rotatable bonds is 5. The Labute approximate surface area is 107 Å². The van der Waals surface area contributed by atoms with E-state index in [2.05, 4.69) is 19.2 Å². The van der Waals surface area contributed by atoms with Gasteiger partial charge in [0.1, 0.15) is 5.82 Å². The van der Waals surface area contributed by atoms with Gasteiger partial charge in [-0.25, -0.2) is 4.39 Å². The molecule has 1 aliphatic carbocycles. The topological polar surface area (TPSA) is 12.0 Å². The highest BCUT2D eigenvalue weighted by Crippen LogP contribution is 2.48. The van der Waals surface area contributed by atoms with Gasteiger partial charge in [-0.15, -0.1) is 0 Å². The van der Waals surface area contributed by atoms with Crippen LogP contribution < -0.4 is 5.32 Å². The van der Waals surface area contributed by atoms with E-state index < -0.39 is 0 Å². The predicted molar refractivity (Wildman–Crippen MR) is 70.0 cm³/mol. The monoisotopic (exact) mass is 255 g/mol. The smallest absolute Gasteiger partial charge is 0.128 e. The average molecular weight is 256 g/mol. The lowest BCUT2D eigenvalue weighted by Crippen LogP contribution is -2.22. The second-order valence-electron chi connectivity index (χ2n) is 5.32. The van der Waals surface area contributed by atoms with Crippen LogP contribution in [0.4, 0.5) is 4.39 Å². The molecule has 2 rings (SSSR count). The molecule has 1 N–H and O–H groups in total. The van der Waals surface area contributed by atoms with Crippen LogP contribution in [0.15, 0.2) is 18.2 Å². The van der Waals surface area contributed by atoms with Crippen molar-refractivity contribution in [3.63, 3.8) is 0 Å². The van der Waals surface area contributed by atoms with Crippen molar-refractivity contribution in [1.82, 2.24) is 5.32 Å². The molecule has 0 amide bonds. The van der Waals surface area contributed by atoms with Gasteiger partial charge in [0.2, 0.25) is 0 Å². The Hall–Kier alpha value is -0.600. The molecule has 1 fully saturated rings. The van der Waals surface area contributed by atoms with Gasteiger partial charge in [-0.05, 0) is 55.0 Å². The van der Waals surface area contributed by atoms with Gasteiger partial charge in [0.25, 0.3) is 0 Å². The molecule has 1 nitrogen and oxygen atoms in total. The van der Waals surface area contributed by atoms with Crippen molar-refractivity contribution in [3.8, 4) is 0 Å². The van der Waals surface area contributed by atoms with Crippen molar-refractivity contribution in [2.75, 3.05) is 13.1 Å². The second kappa shape index (κ2) is 5.36. The van der Waals surface area contributed by atoms with E-state index in [1.54, 1.807) is 6.07 Å². The first-order valence-electron chi connectivity index (χ1n) is 6.23. The number of hydrogen-bond donors (Lipinski definition) is 1. The van der Waals surface area contributed by atoms with Gasteiger partial charge in [-0.3, -0.25) is 0 Å². The van der Waals surface area contributed by atoms with Crippen LogP contribution in [-0.2, 0) is 0 Å². The highest BCUT2D eigenvalue weighted by atomic mass is 35.5. The molecule has 0 spiro atoms. The fraction of sp³-hybridized carbons (Fsp3) is 0.571. The second-order valence-corrected chi connectivity index (χ2v) is 5.76. The zero-order valence-electron chi connectivity index (χ0n) is 10.3. The van der Waals surface area contributed by atoms with Crippen molar-refractivity contribution in [2.45, 2.75) is 26.2 Å². The van der Waals surface area contributed by atoms with E-state index in [4.69, 9.17) is 11.6 Å². The minimum atomic E-state index is -0.158. The number of nitrogens with one attached hydrogen (secondary N) is 1. The molecule has 0 aliphatic heterocycles. The summed E-state index contributed by atoms with van der Waals surface area (Å²) in [6.45, 7) is 6.41. The summed E-state index contributed by atoms with van der Waals surface area (Å²) in [4.78, 5) is 0. The standard InChI is InChI=1S/C14H19ClFN/c1-9(2)7-17-8-10-5-13(10)12-4-3-11(15)6-14(12)16/h3-4,6,9-10,13,17H,5,7-8H2,1-2H3. The normalized spacial score (nSPS) is 23.1. The van der Waals surface area contributed by atoms with Crippen LogP contribution in [0.25, 0.3) is 0 Å². The Morgan fingerprint density at radius 1 is 1.47 bits per heavy atom. The molecule has 17 heavy (non-hydrogen) atoms. The predicted octanol–water partition coefficient (Wildman–Crippen LogP) is 3.83. The Balaban J connectivity index is 1.85. The molecule has 0 heterocycles. The van der Waals surface area contributed by atoms with Crippen LogP contribution in [0.1, 0.15) is 31.7 Å². The Kier molecular flexibility index (Phi) is 4.05. The van der Waals surface area contributed by atoms with Crippen LogP contribution in [-0.4, -0.2) is 13.1 Å². The van der Waals surface area contributed by atoms with E-state index in [0.29, 0.717) is 22.8 Å². The molecule has 0 aromatic heterocycles. The van der Waals surface area contributed by atoms with Crippen molar-refractivity contribution in [3.05, 3.63) is 34.6 Å². The average Bonchev–Trinajstić information content (AvgIpc) is 2.96. The lowest BCUT2D eigenvalue weighted by atomic mass is 10.1. The molecule has 1 aliphatic rings. The van der Waals surface area contributed by atoms with Gasteiger partial charge in [0, 0.05) is 5.02 Å². The van der Waals surface area contributed by atoms with Gasteiger partial charge >= 0.3 is 0 Å². The molecule has 3 heteroatoms. The first kappa shape index (κ1) is 12.8. The Morgan fingerprint density at radius 2 is 2.24 bits per heavy atom. The third-order valence-electron chi connectivity index (χ3n) is 3.24. The fourth-order valence-electron chi connectivity index (χ4n) is 2.21. The zero-order valence-corrected chi connectivity index (χ0v) is 11.1. The van der Waals surface area contributed by atoms with Crippen LogP contribution in [0.3, 0.4) is 0 Å². The largest absolute Gasteiger partial charge is 0.316 e. The maximum atomic E-state index is 13.7. The van der Waals surface area contributed by atoms with E-state index in [0.717, 1.165) is 25.1 Å². The lowest BCUT2D eigenvalue weighted by molar-refractivity contribution is 0.530. The quantitative estimate of drug-likeness (QED) is 0.843. The molecule has 0 saturated heterocycles. The van der Waals surface area contributed by atoms with Crippen molar-refractivity contribution >= 4 is 11.6 Å². The highest BCUT2D eigenvalue weighted by molar-refractivity contribution is 6.30. The van der Waals surface area contributed by atoms with Crippen molar-refractivity contribution in [1.29, 1.82) is 0 Å². The minimum absolute atomic E-state index is 0.158. The van der Waals surface area contributed by atoms with Crippen molar-refractivity contribution < 1.29 is 4.39 Å². The molecule has 1 saturated carbocycles. The lowest BCUT2D eigenvalue weighted by Gasteiger charge is -2.07. The molecule has 94 valence electrons. The van der Waals surface area contributed by atoms with Crippen molar-refractivity contribution in [2.24, 2.45) is 11.8 Å². The van der Waals surface area contributed by atoms with Crippen LogP contribution >= 0.6 is 11.6 Å². The molecule has 1 aromatic carbocycles. The molecular formula is C14H19ClFN. The number of hydrogen-bond acceptors (Lipinski definition) is 1. The van der Waals surface area contributed by atoms with Crippen LogP contribution in [0, 0.1) is 17.7 Å². The van der Waals surface area contributed by atoms with Gasteiger partial charge in [0.15, 0.2) is 0 Å². The summed E-state index contributed by atoms with van der Waals surface area (Å²) in [6.07, 6.45) is 1.09. The van der Waals surface area contributed by atoms with E-state index in [1.807, 2.05) is 6.07 Å². The molecule has 1 aromatic rings. The molecule has 2 unspecified atom stereocenters. The van der Waals surface area contributed by atoms with E-state index in [1.165, 1.54) is 6.07 Å². The minimum Gasteiger partial charge on any atom is -0.316 e. The highest BCUT2D eigenvalue weighted by Gasteiger charge is 2.39. The maximum Gasteiger partial charge on any atom is 0.128 e. The van der Waals surface area contributed by atoms with E-state index in [-0.39, 0.29) is 5.82 Å². The van der Waals surface area contributed by atoms with Gasteiger partial charge in [-0.1, -0.05) is 31.5 Å².